The van der Waals surface area contributed by atoms with Crippen molar-refractivity contribution in [2.24, 2.45) is 0 Å². The molecule has 3 heterocycles. The summed E-state index contributed by atoms with van der Waals surface area (Å²) in [6, 6.07) is 13.7. The Bertz CT molecular complexity index is 1300. The molecule has 0 amide bonds. The summed E-state index contributed by atoms with van der Waals surface area (Å²) in [6.07, 6.45) is 6.00. The van der Waals surface area contributed by atoms with Gasteiger partial charge in [-0.2, -0.15) is 0 Å². The highest BCUT2D eigenvalue weighted by Gasteiger charge is 2.27. The van der Waals surface area contributed by atoms with E-state index < -0.39 is 12.1 Å². The number of rotatable bonds is 4. The number of aliphatic hydroxyl groups excluding tert-OH is 1. The van der Waals surface area contributed by atoms with Gasteiger partial charge in [-0.1, -0.05) is 30.3 Å². The minimum Gasteiger partial charge on any atom is -0.391 e. The highest BCUT2D eigenvalue weighted by Crippen LogP contribution is 2.28. The van der Waals surface area contributed by atoms with Crippen molar-refractivity contribution < 1.29 is 9.84 Å². The summed E-state index contributed by atoms with van der Waals surface area (Å²) >= 11 is 1.61. The number of aliphatic hydroxyl groups is 1. The van der Waals surface area contributed by atoms with E-state index in [0.29, 0.717) is 37.0 Å². The molecule has 2 aromatic carbocycles. The molecule has 5 rings (SSSR count). The minimum atomic E-state index is -0.619. The third kappa shape index (κ3) is 3.73. The molecule has 0 unspecified atom stereocenters. The second-order valence-corrected chi connectivity index (χ2v) is 8.64. The Balaban J connectivity index is 1.67. The van der Waals surface area contributed by atoms with Gasteiger partial charge in [0.1, 0.15) is 0 Å². The number of fused-ring (bicyclic) bond motifs is 3. The molecule has 1 N–H and O–H groups in total. The molecule has 0 bridgehead atoms. The summed E-state index contributed by atoms with van der Waals surface area (Å²) in [4.78, 5) is 22.6. The van der Waals surface area contributed by atoms with Crippen LogP contribution in [0.5, 0.6) is 0 Å². The Morgan fingerprint density at radius 2 is 2.00 bits per heavy atom. The highest BCUT2D eigenvalue weighted by atomic mass is 32.2. The maximum absolute atomic E-state index is 13.4. The van der Waals surface area contributed by atoms with Gasteiger partial charge in [0.05, 0.1) is 41.0 Å². The standard InChI is InChI=1S/C24H23N3O3S/c1-31-22-7-6-15(12-25-22)10-16-11-19-23(18-5-3-2-4-17(16)18)26-14-27(24(19)29)20-13-30-9-8-21(20)28/h2-7,11-12,14,20-21,28H,8-10,13H2,1H3/t20-,21-/m0/s1. The average Bonchev–Trinajstić information content (AvgIpc) is 2.81. The van der Waals surface area contributed by atoms with Crippen LogP contribution in [0.15, 0.2) is 64.8 Å². The molecular formula is C24H23N3O3S. The van der Waals surface area contributed by atoms with E-state index in [4.69, 9.17) is 4.74 Å². The van der Waals surface area contributed by atoms with Crippen LogP contribution in [0.3, 0.4) is 0 Å². The molecule has 0 radical (unpaired) electrons. The van der Waals surface area contributed by atoms with Crippen molar-refractivity contribution in [1.29, 1.82) is 0 Å². The van der Waals surface area contributed by atoms with Crippen LogP contribution in [0, 0.1) is 0 Å². The molecule has 2 aromatic heterocycles. The predicted molar refractivity (Wildman–Crippen MR) is 123 cm³/mol. The molecule has 31 heavy (non-hydrogen) atoms. The zero-order valence-electron chi connectivity index (χ0n) is 17.2. The first-order valence-corrected chi connectivity index (χ1v) is 11.5. The molecule has 158 valence electrons. The lowest BCUT2D eigenvalue weighted by Crippen LogP contribution is -2.39. The molecule has 6 nitrogen and oxygen atoms in total. The number of hydrogen-bond acceptors (Lipinski definition) is 6. The number of benzene rings is 2. The maximum Gasteiger partial charge on any atom is 0.261 e. The third-order valence-electron chi connectivity index (χ3n) is 5.93. The van der Waals surface area contributed by atoms with Crippen molar-refractivity contribution in [3.63, 3.8) is 0 Å². The van der Waals surface area contributed by atoms with Gasteiger partial charge in [-0.15, -0.1) is 11.8 Å². The average molecular weight is 434 g/mol. The molecule has 1 saturated heterocycles. The summed E-state index contributed by atoms with van der Waals surface area (Å²) in [5.41, 5.74) is 2.67. The first-order chi connectivity index (χ1) is 15.2. The first-order valence-electron chi connectivity index (χ1n) is 10.3. The SMILES string of the molecule is CSc1ccc(Cc2cc3c(=O)n([C@H]4COCC[C@@H]4O)cnc3c3ccccc23)cn1. The summed E-state index contributed by atoms with van der Waals surface area (Å²) in [5, 5.41) is 14.0. The molecular weight excluding hydrogens is 410 g/mol. The summed E-state index contributed by atoms with van der Waals surface area (Å²) < 4.78 is 7.04. The number of pyridine rings is 1. The molecule has 7 heteroatoms. The quantitative estimate of drug-likeness (QED) is 0.392. The third-order valence-corrected chi connectivity index (χ3v) is 6.59. The van der Waals surface area contributed by atoms with Crippen LogP contribution in [0.2, 0.25) is 0 Å². The minimum absolute atomic E-state index is 0.151. The number of aromatic nitrogens is 3. The van der Waals surface area contributed by atoms with E-state index in [-0.39, 0.29) is 5.56 Å². The summed E-state index contributed by atoms with van der Waals surface area (Å²) in [6.45, 7) is 0.813. The van der Waals surface area contributed by atoms with Gasteiger partial charge in [-0.3, -0.25) is 9.36 Å². The van der Waals surface area contributed by atoms with Gasteiger partial charge in [0.25, 0.3) is 5.56 Å². The van der Waals surface area contributed by atoms with Crippen LogP contribution < -0.4 is 5.56 Å². The van der Waals surface area contributed by atoms with Crippen LogP contribution in [0.4, 0.5) is 0 Å². The number of ether oxygens (including phenoxy) is 1. The van der Waals surface area contributed by atoms with E-state index in [1.54, 1.807) is 18.1 Å². The van der Waals surface area contributed by atoms with Crippen molar-refractivity contribution >= 4 is 33.4 Å². The fourth-order valence-corrected chi connectivity index (χ4v) is 4.63. The highest BCUT2D eigenvalue weighted by molar-refractivity contribution is 7.98. The van der Waals surface area contributed by atoms with Gasteiger partial charge in [0.15, 0.2) is 0 Å². The Morgan fingerprint density at radius 3 is 2.74 bits per heavy atom. The Kier molecular flexibility index (Phi) is 5.48. The van der Waals surface area contributed by atoms with Crippen molar-refractivity contribution in [2.45, 2.75) is 30.0 Å². The second-order valence-electron chi connectivity index (χ2n) is 7.82. The van der Waals surface area contributed by atoms with E-state index in [0.717, 1.165) is 26.9 Å². The second kappa shape index (κ2) is 8.42. The summed E-state index contributed by atoms with van der Waals surface area (Å²) in [7, 11) is 0. The van der Waals surface area contributed by atoms with Crippen LogP contribution >= 0.6 is 11.8 Å². The fraction of sp³-hybridized carbons (Fsp3) is 0.292. The van der Waals surface area contributed by atoms with Crippen molar-refractivity contribution in [3.05, 3.63) is 76.5 Å². The fourth-order valence-electron chi connectivity index (χ4n) is 4.26. The lowest BCUT2D eigenvalue weighted by Gasteiger charge is -2.29. The topological polar surface area (TPSA) is 77.2 Å². The van der Waals surface area contributed by atoms with Crippen LogP contribution in [0.1, 0.15) is 23.6 Å². The molecule has 4 aromatic rings. The molecule has 0 saturated carbocycles. The Labute approximate surface area is 183 Å². The van der Waals surface area contributed by atoms with E-state index in [1.807, 2.05) is 42.8 Å². The van der Waals surface area contributed by atoms with Crippen LogP contribution in [-0.2, 0) is 11.2 Å². The monoisotopic (exact) mass is 433 g/mol. The van der Waals surface area contributed by atoms with Gasteiger partial charge in [-0.05, 0) is 47.7 Å². The van der Waals surface area contributed by atoms with E-state index in [9.17, 15) is 9.90 Å². The van der Waals surface area contributed by atoms with Gasteiger partial charge in [0.2, 0.25) is 0 Å². The molecule has 0 spiro atoms. The summed E-state index contributed by atoms with van der Waals surface area (Å²) in [5.74, 6) is 0. The lowest BCUT2D eigenvalue weighted by atomic mass is 9.96. The molecule has 1 aliphatic rings. The van der Waals surface area contributed by atoms with Crippen molar-refractivity contribution in [3.8, 4) is 0 Å². The maximum atomic E-state index is 13.4. The zero-order valence-corrected chi connectivity index (χ0v) is 18.0. The number of hydrogen-bond donors (Lipinski definition) is 1. The predicted octanol–water partition coefficient (Wildman–Crippen LogP) is 3.58. The van der Waals surface area contributed by atoms with E-state index >= 15 is 0 Å². The largest absolute Gasteiger partial charge is 0.391 e. The Hall–Kier alpha value is -2.74. The first kappa shape index (κ1) is 20.2. The van der Waals surface area contributed by atoms with Crippen LogP contribution in [0.25, 0.3) is 21.7 Å². The van der Waals surface area contributed by atoms with Gasteiger partial charge in [-0.25, -0.2) is 9.97 Å². The molecule has 1 fully saturated rings. The van der Waals surface area contributed by atoms with Gasteiger partial charge >= 0.3 is 0 Å². The van der Waals surface area contributed by atoms with Gasteiger partial charge in [0, 0.05) is 18.2 Å². The van der Waals surface area contributed by atoms with E-state index in [2.05, 4.69) is 22.1 Å². The van der Waals surface area contributed by atoms with E-state index in [1.165, 1.54) is 4.57 Å². The normalized spacial score (nSPS) is 19.2. The Morgan fingerprint density at radius 1 is 1.16 bits per heavy atom. The lowest BCUT2D eigenvalue weighted by molar-refractivity contribution is -0.0303. The molecule has 0 aliphatic carbocycles. The number of nitrogens with zero attached hydrogens (tertiary/aromatic N) is 3. The smallest absolute Gasteiger partial charge is 0.261 e. The van der Waals surface area contributed by atoms with Gasteiger partial charge < -0.3 is 9.84 Å². The zero-order chi connectivity index (χ0) is 21.4. The van der Waals surface area contributed by atoms with Crippen molar-refractivity contribution in [1.82, 2.24) is 14.5 Å². The molecule has 1 aliphatic heterocycles. The van der Waals surface area contributed by atoms with Crippen molar-refractivity contribution in [2.75, 3.05) is 19.5 Å². The molecule has 2 atom stereocenters. The number of thioether (sulfide) groups is 1. The van der Waals surface area contributed by atoms with Crippen LogP contribution in [-0.4, -0.2) is 45.2 Å².